The number of rotatable bonds is 7. The van der Waals surface area contributed by atoms with Crippen LogP contribution in [0.5, 0.6) is 0 Å². The Morgan fingerprint density at radius 1 is 1.55 bits per heavy atom. The smallest absolute Gasteiger partial charge is 0.227 e. The van der Waals surface area contributed by atoms with Gasteiger partial charge in [-0.05, 0) is 31.0 Å². The number of hydrogen-bond acceptors (Lipinski definition) is 4. The molecule has 0 radical (unpaired) electrons. The Bertz CT molecular complexity index is 516. The Morgan fingerprint density at radius 3 is 2.95 bits per heavy atom. The third-order valence-corrected chi connectivity index (χ3v) is 4.25. The van der Waals surface area contributed by atoms with Crippen molar-refractivity contribution in [1.29, 1.82) is 0 Å². The minimum Gasteiger partial charge on any atom is -0.392 e. The van der Waals surface area contributed by atoms with Gasteiger partial charge in [0.05, 0.1) is 12.0 Å². The van der Waals surface area contributed by atoms with Gasteiger partial charge < -0.3 is 20.5 Å². The first-order valence-electron chi connectivity index (χ1n) is 7.47. The Hall–Kier alpha value is -1.50. The van der Waals surface area contributed by atoms with E-state index in [0.29, 0.717) is 25.1 Å². The van der Waals surface area contributed by atoms with Gasteiger partial charge in [-0.3, -0.25) is 4.79 Å². The number of halogens is 1. The van der Waals surface area contributed by atoms with Crippen molar-refractivity contribution in [3.05, 3.63) is 35.1 Å². The fourth-order valence-electron chi connectivity index (χ4n) is 2.76. The third-order valence-electron chi connectivity index (χ3n) is 4.25. The molecule has 0 aliphatic carbocycles. The lowest BCUT2D eigenvalue weighted by Gasteiger charge is -2.26. The number of ether oxygens (including phenoxy) is 1. The monoisotopic (exact) mass is 310 g/mol. The molecular weight excluding hydrogens is 287 g/mol. The summed E-state index contributed by atoms with van der Waals surface area (Å²) in [5.74, 6) is -0.480. The van der Waals surface area contributed by atoms with E-state index in [1.165, 1.54) is 12.1 Å². The van der Waals surface area contributed by atoms with Crippen molar-refractivity contribution in [2.45, 2.75) is 26.0 Å². The van der Waals surface area contributed by atoms with Crippen LogP contribution in [0.25, 0.3) is 0 Å². The molecule has 1 saturated heterocycles. The number of hydrogen-bond donors (Lipinski definition) is 3. The predicted molar refractivity (Wildman–Crippen MR) is 80.6 cm³/mol. The summed E-state index contributed by atoms with van der Waals surface area (Å²) >= 11 is 0. The van der Waals surface area contributed by atoms with Crippen LogP contribution in [-0.2, 0) is 22.7 Å². The molecule has 1 aliphatic heterocycles. The van der Waals surface area contributed by atoms with Crippen molar-refractivity contribution >= 4 is 5.91 Å². The molecule has 1 aliphatic rings. The largest absolute Gasteiger partial charge is 0.392 e. The van der Waals surface area contributed by atoms with Crippen LogP contribution >= 0.6 is 0 Å². The van der Waals surface area contributed by atoms with Crippen molar-refractivity contribution in [1.82, 2.24) is 10.6 Å². The Kier molecular flexibility index (Phi) is 5.88. The lowest BCUT2D eigenvalue weighted by Crippen LogP contribution is -2.43. The van der Waals surface area contributed by atoms with Gasteiger partial charge in [-0.2, -0.15) is 0 Å². The first-order valence-corrected chi connectivity index (χ1v) is 7.47. The summed E-state index contributed by atoms with van der Waals surface area (Å²) < 4.78 is 18.7. The average Bonchev–Trinajstić information content (AvgIpc) is 3.01. The molecule has 1 atom stereocenters. The Balaban J connectivity index is 1.97. The Morgan fingerprint density at radius 2 is 2.36 bits per heavy atom. The minimum atomic E-state index is -0.453. The third kappa shape index (κ3) is 3.82. The summed E-state index contributed by atoms with van der Waals surface area (Å²) in [5, 5.41) is 15.1. The molecule has 6 heteroatoms. The van der Waals surface area contributed by atoms with Crippen molar-refractivity contribution in [2.75, 3.05) is 26.8 Å². The summed E-state index contributed by atoms with van der Waals surface area (Å²) in [6, 6.07) is 4.60. The number of carbonyl (C=O) groups excluding carboxylic acids is 1. The van der Waals surface area contributed by atoms with E-state index in [1.54, 1.807) is 13.2 Å². The second-order valence-corrected chi connectivity index (χ2v) is 5.72. The second kappa shape index (κ2) is 7.67. The fourth-order valence-corrected chi connectivity index (χ4v) is 2.76. The molecule has 22 heavy (non-hydrogen) atoms. The van der Waals surface area contributed by atoms with Crippen LogP contribution in [0.4, 0.5) is 4.39 Å². The lowest BCUT2D eigenvalue weighted by atomic mass is 9.82. The van der Waals surface area contributed by atoms with Crippen molar-refractivity contribution in [2.24, 2.45) is 5.41 Å². The quantitative estimate of drug-likeness (QED) is 0.701. The standard InChI is InChI=1S/C16H23FN2O3/c1-22-7-5-16(4-6-18-11-16)15(21)19-9-12-2-3-13(10-20)14(17)8-12/h2-3,8,18,20H,4-7,9-11H2,1H3,(H,19,21). The van der Waals surface area contributed by atoms with Gasteiger partial charge in [0.1, 0.15) is 5.82 Å². The molecule has 1 aromatic carbocycles. The van der Waals surface area contributed by atoms with E-state index < -0.39 is 11.2 Å². The highest BCUT2D eigenvalue weighted by molar-refractivity contribution is 5.83. The van der Waals surface area contributed by atoms with Gasteiger partial charge in [0.25, 0.3) is 0 Å². The highest BCUT2D eigenvalue weighted by Gasteiger charge is 2.40. The molecule has 2 rings (SSSR count). The number of methoxy groups -OCH3 is 1. The zero-order valence-corrected chi connectivity index (χ0v) is 12.8. The van der Waals surface area contributed by atoms with Crippen LogP contribution in [0.15, 0.2) is 18.2 Å². The SMILES string of the molecule is COCCC1(C(=O)NCc2ccc(CO)c(F)c2)CCNC1. The van der Waals surface area contributed by atoms with Crippen LogP contribution in [0.1, 0.15) is 24.0 Å². The maximum atomic E-state index is 13.6. The summed E-state index contributed by atoms with van der Waals surface area (Å²) in [7, 11) is 1.62. The molecule has 0 aromatic heterocycles. The van der Waals surface area contributed by atoms with E-state index in [-0.39, 0.29) is 24.6 Å². The molecule has 0 saturated carbocycles. The highest BCUT2D eigenvalue weighted by Crippen LogP contribution is 2.30. The molecule has 1 fully saturated rings. The van der Waals surface area contributed by atoms with Crippen molar-refractivity contribution in [3.8, 4) is 0 Å². The zero-order valence-electron chi connectivity index (χ0n) is 12.8. The molecular formula is C16H23FN2O3. The van der Waals surface area contributed by atoms with Gasteiger partial charge in [-0.1, -0.05) is 12.1 Å². The number of nitrogens with one attached hydrogen (secondary N) is 2. The molecule has 0 bridgehead atoms. The van der Waals surface area contributed by atoms with Gasteiger partial charge >= 0.3 is 0 Å². The van der Waals surface area contributed by atoms with Gasteiger partial charge in [0, 0.05) is 32.4 Å². The number of benzene rings is 1. The minimum absolute atomic E-state index is 0.0267. The molecule has 5 nitrogen and oxygen atoms in total. The highest BCUT2D eigenvalue weighted by atomic mass is 19.1. The summed E-state index contributed by atoms with van der Waals surface area (Å²) in [6.45, 7) is 1.94. The van der Waals surface area contributed by atoms with E-state index in [1.807, 2.05) is 0 Å². The number of aliphatic hydroxyl groups excluding tert-OH is 1. The van der Waals surface area contributed by atoms with Crippen molar-refractivity contribution in [3.63, 3.8) is 0 Å². The van der Waals surface area contributed by atoms with Crippen LogP contribution in [0, 0.1) is 11.2 Å². The van der Waals surface area contributed by atoms with E-state index in [0.717, 1.165) is 13.0 Å². The van der Waals surface area contributed by atoms with Crippen LogP contribution in [0.2, 0.25) is 0 Å². The zero-order chi connectivity index (χ0) is 16.0. The normalized spacial score (nSPS) is 21.0. The average molecular weight is 310 g/mol. The van der Waals surface area contributed by atoms with E-state index in [9.17, 15) is 9.18 Å². The topological polar surface area (TPSA) is 70.6 Å². The molecule has 122 valence electrons. The van der Waals surface area contributed by atoms with Crippen LogP contribution < -0.4 is 10.6 Å². The Labute approximate surface area is 129 Å². The first-order chi connectivity index (χ1) is 10.6. The number of aliphatic hydroxyl groups is 1. The van der Waals surface area contributed by atoms with E-state index >= 15 is 0 Å². The molecule has 1 aromatic rings. The fraction of sp³-hybridized carbons (Fsp3) is 0.562. The molecule has 1 amide bonds. The lowest BCUT2D eigenvalue weighted by molar-refractivity contribution is -0.131. The van der Waals surface area contributed by atoms with Crippen LogP contribution in [-0.4, -0.2) is 37.8 Å². The van der Waals surface area contributed by atoms with E-state index in [2.05, 4.69) is 10.6 Å². The van der Waals surface area contributed by atoms with Gasteiger partial charge in [0.2, 0.25) is 5.91 Å². The maximum Gasteiger partial charge on any atom is 0.227 e. The van der Waals surface area contributed by atoms with Crippen LogP contribution in [0.3, 0.4) is 0 Å². The summed E-state index contributed by atoms with van der Waals surface area (Å²) in [4.78, 5) is 12.5. The van der Waals surface area contributed by atoms with E-state index in [4.69, 9.17) is 9.84 Å². The summed E-state index contributed by atoms with van der Waals surface area (Å²) in [5.41, 5.74) is 0.488. The van der Waals surface area contributed by atoms with Gasteiger partial charge in [0.15, 0.2) is 0 Å². The molecule has 1 heterocycles. The predicted octanol–water partition coefficient (Wildman–Crippen LogP) is 0.950. The molecule has 1 unspecified atom stereocenters. The van der Waals surface area contributed by atoms with Crippen molar-refractivity contribution < 1.29 is 19.0 Å². The summed E-state index contributed by atoms with van der Waals surface area (Å²) in [6.07, 6.45) is 1.44. The first kappa shape index (κ1) is 16.9. The molecule has 3 N–H and O–H groups in total. The second-order valence-electron chi connectivity index (χ2n) is 5.72. The number of carbonyl (C=O) groups is 1. The van der Waals surface area contributed by atoms with Gasteiger partial charge in [-0.25, -0.2) is 4.39 Å². The number of amides is 1. The maximum absolute atomic E-state index is 13.6. The molecule has 0 spiro atoms. The van der Waals surface area contributed by atoms with Gasteiger partial charge in [-0.15, -0.1) is 0 Å².